The summed E-state index contributed by atoms with van der Waals surface area (Å²) in [7, 11) is 0. The molecule has 1 N–H and O–H groups in total. The van der Waals surface area contributed by atoms with Gasteiger partial charge < -0.3 is 5.32 Å². The molecule has 0 aliphatic heterocycles. The first-order valence-electron chi connectivity index (χ1n) is 5.47. The Bertz CT molecular complexity index is 515. The van der Waals surface area contributed by atoms with Crippen molar-refractivity contribution in [1.82, 2.24) is 4.98 Å². The lowest BCUT2D eigenvalue weighted by Gasteiger charge is -2.06. The molecule has 86 valence electrons. The molecule has 0 aliphatic carbocycles. The molecule has 0 aliphatic rings. The van der Waals surface area contributed by atoms with Gasteiger partial charge in [0.1, 0.15) is 0 Å². The van der Waals surface area contributed by atoms with Gasteiger partial charge in [-0.25, -0.2) is 0 Å². The Morgan fingerprint density at radius 3 is 2.24 bits per heavy atom. The van der Waals surface area contributed by atoms with Gasteiger partial charge in [0.05, 0.1) is 0 Å². The quantitative estimate of drug-likeness (QED) is 0.855. The van der Waals surface area contributed by atoms with Crippen molar-refractivity contribution in [3.05, 3.63) is 59.4 Å². The van der Waals surface area contributed by atoms with Crippen molar-refractivity contribution >= 4 is 11.6 Å². The van der Waals surface area contributed by atoms with Crippen LogP contribution in [0, 0.1) is 13.8 Å². The van der Waals surface area contributed by atoms with Crippen molar-refractivity contribution < 1.29 is 4.79 Å². The first-order chi connectivity index (χ1) is 8.15. The van der Waals surface area contributed by atoms with E-state index in [1.807, 2.05) is 44.2 Å². The second-order valence-corrected chi connectivity index (χ2v) is 3.96. The van der Waals surface area contributed by atoms with Crippen molar-refractivity contribution in [3.63, 3.8) is 0 Å². The van der Waals surface area contributed by atoms with E-state index in [-0.39, 0.29) is 5.91 Å². The number of hydrogen-bond donors (Lipinski definition) is 1. The van der Waals surface area contributed by atoms with Crippen LogP contribution in [0.5, 0.6) is 0 Å². The highest BCUT2D eigenvalue weighted by molar-refractivity contribution is 6.04. The Morgan fingerprint density at radius 2 is 1.65 bits per heavy atom. The standard InChI is InChI=1S/C14H14N2O/c1-10-8-13(9-11(2)15-10)16-14(17)12-6-4-3-5-7-12/h3-9H,1-2H3,(H,15,16,17). The van der Waals surface area contributed by atoms with Crippen LogP contribution >= 0.6 is 0 Å². The molecule has 2 aromatic rings. The zero-order chi connectivity index (χ0) is 12.3. The number of rotatable bonds is 2. The number of carbonyl (C=O) groups excluding carboxylic acids is 1. The summed E-state index contributed by atoms with van der Waals surface area (Å²) in [6.45, 7) is 3.82. The number of aryl methyl sites for hydroxylation is 2. The molecule has 1 aromatic carbocycles. The number of aromatic nitrogens is 1. The van der Waals surface area contributed by atoms with Gasteiger partial charge in [0.25, 0.3) is 5.91 Å². The fraction of sp³-hybridized carbons (Fsp3) is 0.143. The topological polar surface area (TPSA) is 42.0 Å². The van der Waals surface area contributed by atoms with Gasteiger partial charge >= 0.3 is 0 Å². The second-order valence-electron chi connectivity index (χ2n) is 3.96. The van der Waals surface area contributed by atoms with E-state index < -0.39 is 0 Å². The van der Waals surface area contributed by atoms with Crippen LogP contribution in [0.15, 0.2) is 42.5 Å². The molecule has 0 spiro atoms. The van der Waals surface area contributed by atoms with E-state index in [9.17, 15) is 4.79 Å². The van der Waals surface area contributed by atoms with Crippen molar-refractivity contribution in [2.45, 2.75) is 13.8 Å². The minimum Gasteiger partial charge on any atom is -0.322 e. The van der Waals surface area contributed by atoms with Gasteiger partial charge in [-0.2, -0.15) is 0 Å². The molecule has 0 fully saturated rings. The Kier molecular flexibility index (Phi) is 3.19. The summed E-state index contributed by atoms with van der Waals surface area (Å²) >= 11 is 0. The molecule has 0 saturated carbocycles. The number of amides is 1. The summed E-state index contributed by atoms with van der Waals surface area (Å²) < 4.78 is 0. The molecule has 0 saturated heterocycles. The Morgan fingerprint density at radius 1 is 1.06 bits per heavy atom. The molecule has 3 heteroatoms. The Balaban J connectivity index is 2.19. The summed E-state index contributed by atoms with van der Waals surface area (Å²) in [4.78, 5) is 16.2. The third-order valence-corrected chi connectivity index (χ3v) is 2.38. The second kappa shape index (κ2) is 4.78. The lowest BCUT2D eigenvalue weighted by Crippen LogP contribution is -2.12. The fourth-order valence-electron chi connectivity index (χ4n) is 1.70. The molecule has 17 heavy (non-hydrogen) atoms. The fourth-order valence-corrected chi connectivity index (χ4v) is 1.70. The number of hydrogen-bond acceptors (Lipinski definition) is 2. The average molecular weight is 226 g/mol. The van der Waals surface area contributed by atoms with Crippen LogP contribution in [0.25, 0.3) is 0 Å². The van der Waals surface area contributed by atoms with Gasteiger partial charge in [-0.15, -0.1) is 0 Å². The van der Waals surface area contributed by atoms with E-state index in [0.29, 0.717) is 5.56 Å². The minimum atomic E-state index is -0.101. The first kappa shape index (κ1) is 11.3. The molecular weight excluding hydrogens is 212 g/mol. The first-order valence-corrected chi connectivity index (χ1v) is 5.47. The van der Waals surface area contributed by atoms with Crippen LogP contribution in [0.1, 0.15) is 21.7 Å². The van der Waals surface area contributed by atoms with Gasteiger partial charge in [0.2, 0.25) is 0 Å². The molecule has 2 rings (SSSR count). The van der Waals surface area contributed by atoms with Crippen molar-refractivity contribution in [1.29, 1.82) is 0 Å². The van der Waals surface area contributed by atoms with E-state index in [2.05, 4.69) is 10.3 Å². The molecule has 0 bridgehead atoms. The predicted octanol–water partition coefficient (Wildman–Crippen LogP) is 2.95. The maximum Gasteiger partial charge on any atom is 0.255 e. The molecule has 3 nitrogen and oxygen atoms in total. The summed E-state index contributed by atoms with van der Waals surface area (Å²) in [5, 5.41) is 2.86. The highest BCUT2D eigenvalue weighted by Crippen LogP contribution is 2.12. The molecule has 1 heterocycles. The average Bonchev–Trinajstić information content (AvgIpc) is 2.28. The lowest BCUT2D eigenvalue weighted by molar-refractivity contribution is 0.102. The number of pyridine rings is 1. The zero-order valence-electron chi connectivity index (χ0n) is 9.90. The van der Waals surface area contributed by atoms with Crippen LogP contribution in [-0.4, -0.2) is 10.9 Å². The third-order valence-electron chi connectivity index (χ3n) is 2.38. The maximum atomic E-state index is 11.9. The normalized spacial score (nSPS) is 10.0. The van der Waals surface area contributed by atoms with Crippen LogP contribution in [-0.2, 0) is 0 Å². The molecule has 1 amide bonds. The zero-order valence-corrected chi connectivity index (χ0v) is 9.90. The molecule has 1 aromatic heterocycles. The summed E-state index contributed by atoms with van der Waals surface area (Å²) in [5.74, 6) is -0.101. The van der Waals surface area contributed by atoms with Gasteiger partial charge in [-0.3, -0.25) is 9.78 Å². The lowest BCUT2D eigenvalue weighted by atomic mass is 10.2. The number of benzene rings is 1. The van der Waals surface area contributed by atoms with Crippen molar-refractivity contribution in [2.75, 3.05) is 5.32 Å². The summed E-state index contributed by atoms with van der Waals surface area (Å²) in [6.07, 6.45) is 0. The molecule has 0 unspecified atom stereocenters. The smallest absolute Gasteiger partial charge is 0.255 e. The van der Waals surface area contributed by atoms with Gasteiger partial charge in [-0.1, -0.05) is 18.2 Å². The number of carbonyl (C=O) groups is 1. The summed E-state index contributed by atoms with van der Waals surface area (Å²) in [6, 6.07) is 12.9. The van der Waals surface area contributed by atoms with E-state index in [0.717, 1.165) is 17.1 Å². The summed E-state index contributed by atoms with van der Waals surface area (Å²) in [5.41, 5.74) is 3.23. The van der Waals surface area contributed by atoms with E-state index in [1.54, 1.807) is 12.1 Å². The molecule has 0 atom stereocenters. The van der Waals surface area contributed by atoms with Crippen molar-refractivity contribution in [2.24, 2.45) is 0 Å². The number of anilines is 1. The van der Waals surface area contributed by atoms with E-state index in [1.165, 1.54) is 0 Å². The number of nitrogens with zero attached hydrogens (tertiary/aromatic N) is 1. The Labute approximate surface area is 101 Å². The molecule has 0 radical (unpaired) electrons. The predicted molar refractivity (Wildman–Crippen MR) is 68.1 cm³/mol. The van der Waals surface area contributed by atoms with Crippen molar-refractivity contribution in [3.8, 4) is 0 Å². The van der Waals surface area contributed by atoms with Gasteiger partial charge in [0, 0.05) is 22.6 Å². The maximum absolute atomic E-state index is 11.9. The SMILES string of the molecule is Cc1cc(NC(=O)c2ccccc2)cc(C)n1. The van der Waals surface area contributed by atoms with E-state index >= 15 is 0 Å². The number of nitrogens with one attached hydrogen (secondary N) is 1. The highest BCUT2D eigenvalue weighted by Gasteiger charge is 2.05. The monoisotopic (exact) mass is 226 g/mol. The van der Waals surface area contributed by atoms with Crippen LogP contribution in [0.3, 0.4) is 0 Å². The minimum absolute atomic E-state index is 0.101. The van der Waals surface area contributed by atoms with Crippen LogP contribution in [0.4, 0.5) is 5.69 Å². The Hall–Kier alpha value is -2.16. The highest BCUT2D eigenvalue weighted by atomic mass is 16.1. The largest absolute Gasteiger partial charge is 0.322 e. The van der Waals surface area contributed by atoms with Crippen LogP contribution in [0.2, 0.25) is 0 Å². The molecular formula is C14H14N2O. The van der Waals surface area contributed by atoms with Gasteiger partial charge in [0.15, 0.2) is 0 Å². The van der Waals surface area contributed by atoms with Crippen LogP contribution < -0.4 is 5.32 Å². The van der Waals surface area contributed by atoms with E-state index in [4.69, 9.17) is 0 Å². The third kappa shape index (κ3) is 2.91. The van der Waals surface area contributed by atoms with Gasteiger partial charge in [-0.05, 0) is 38.1 Å².